The molecule has 0 aromatic heterocycles. The molecule has 1 aliphatic carbocycles. The Balaban J connectivity index is 2.05. The average Bonchev–Trinajstić information content (AvgIpc) is 2.82. The third-order valence-electron chi connectivity index (χ3n) is 3.94. The van der Waals surface area contributed by atoms with Gasteiger partial charge in [0, 0.05) is 6.04 Å². The van der Waals surface area contributed by atoms with Crippen molar-refractivity contribution < 1.29 is 4.74 Å². The lowest BCUT2D eigenvalue weighted by Crippen LogP contribution is -2.37. The summed E-state index contributed by atoms with van der Waals surface area (Å²) in [6, 6.07) is 7.33. The van der Waals surface area contributed by atoms with Crippen molar-refractivity contribution in [2.75, 3.05) is 19.7 Å². The van der Waals surface area contributed by atoms with Crippen LogP contribution in [-0.2, 0) is 12.8 Å². The Bertz CT molecular complexity index is 396. The smallest absolute Gasteiger partial charge is 0.119 e. The fourth-order valence-electron chi connectivity index (χ4n) is 3.14. The highest BCUT2D eigenvalue weighted by Crippen LogP contribution is 2.29. The van der Waals surface area contributed by atoms with Gasteiger partial charge in [0.2, 0.25) is 0 Å². The standard InChI is InChI=1S/C17H27NO/c1-4-9-18(10-5-2)16-11-14-7-8-17(19-6-3)13-15(14)12-16/h7-8,13,16H,4-6,9-12H2,1-3H3. The summed E-state index contributed by atoms with van der Waals surface area (Å²) >= 11 is 0. The van der Waals surface area contributed by atoms with Crippen LogP contribution in [0.4, 0.5) is 0 Å². The van der Waals surface area contributed by atoms with Crippen LogP contribution in [0.3, 0.4) is 0 Å². The number of ether oxygens (including phenoxy) is 1. The van der Waals surface area contributed by atoms with Crippen LogP contribution in [0.1, 0.15) is 44.7 Å². The highest BCUT2D eigenvalue weighted by molar-refractivity contribution is 5.40. The highest BCUT2D eigenvalue weighted by atomic mass is 16.5. The van der Waals surface area contributed by atoms with Crippen LogP contribution in [0, 0.1) is 0 Å². The minimum absolute atomic E-state index is 0.701. The van der Waals surface area contributed by atoms with Gasteiger partial charge in [-0.25, -0.2) is 0 Å². The normalized spacial score (nSPS) is 17.8. The number of rotatable bonds is 7. The van der Waals surface area contributed by atoms with E-state index in [2.05, 4.69) is 36.9 Å². The number of fused-ring (bicyclic) bond motifs is 1. The first kappa shape index (κ1) is 14.4. The minimum atomic E-state index is 0.701. The minimum Gasteiger partial charge on any atom is -0.494 e. The summed E-state index contributed by atoms with van der Waals surface area (Å²) in [6.07, 6.45) is 4.89. The highest BCUT2D eigenvalue weighted by Gasteiger charge is 2.26. The monoisotopic (exact) mass is 261 g/mol. The molecule has 0 bridgehead atoms. The van der Waals surface area contributed by atoms with Crippen LogP contribution in [0.2, 0.25) is 0 Å². The Morgan fingerprint density at radius 1 is 1.05 bits per heavy atom. The summed E-state index contributed by atoms with van der Waals surface area (Å²) in [6.45, 7) is 9.80. The summed E-state index contributed by atoms with van der Waals surface area (Å²) in [4.78, 5) is 2.67. The van der Waals surface area contributed by atoms with E-state index in [9.17, 15) is 0 Å². The predicted octanol–water partition coefficient (Wildman–Crippen LogP) is 3.67. The summed E-state index contributed by atoms with van der Waals surface area (Å²) in [5.41, 5.74) is 3.01. The van der Waals surface area contributed by atoms with Gasteiger partial charge in [-0.3, -0.25) is 4.90 Å². The van der Waals surface area contributed by atoms with Gasteiger partial charge in [-0.15, -0.1) is 0 Å². The molecule has 0 heterocycles. The molecule has 1 unspecified atom stereocenters. The Labute approximate surface area is 117 Å². The average molecular weight is 261 g/mol. The second-order valence-corrected chi connectivity index (χ2v) is 5.46. The maximum atomic E-state index is 5.61. The van der Waals surface area contributed by atoms with E-state index in [0.717, 1.165) is 12.4 Å². The van der Waals surface area contributed by atoms with Crippen LogP contribution in [0.5, 0.6) is 5.75 Å². The maximum Gasteiger partial charge on any atom is 0.119 e. The molecule has 1 aliphatic rings. The number of benzene rings is 1. The van der Waals surface area contributed by atoms with Crippen molar-refractivity contribution in [2.45, 2.75) is 52.5 Å². The molecule has 0 saturated heterocycles. The van der Waals surface area contributed by atoms with Gasteiger partial charge in [-0.1, -0.05) is 19.9 Å². The quantitative estimate of drug-likeness (QED) is 0.742. The molecular weight excluding hydrogens is 234 g/mol. The fraction of sp³-hybridized carbons (Fsp3) is 0.647. The Hall–Kier alpha value is -1.02. The fourth-order valence-corrected chi connectivity index (χ4v) is 3.14. The van der Waals surface area contributed by atoms with Crippen LogP contribution in [0.15, 0.2) is 18.2 Å². The van der Waals surface area contributed by atoms with Gasteiger partial charge >= 0.3 is 0 Å². The summed E-state index contributed by atoms with van der Waals surface area (Å²) < 4.78 is 5.61. The Morgan fingerprint density at radius 2 is 1.74 bits per heavy atom. The molecule has 2 nitrogen and oxygen atoms in total. The zero-order valence-corrected chi connectivity index (χ0v) is 12.6. The van der Waals surface area contributed by atoms with E-state index in [4.69, 9.17) is 4.74 Å². The van der Waals surface area contributed by atoms with Crippen molar-refractivity contribution in [1.29, 1.82) is 0 Å². The topological polar surface area (TPSA) is 12.5 Å². The molecule has 0 spiro atoms. The van der Waals surface area contributed by atoms with Gasteiger partial charge in [0.05, 0.1) is 6.61 Å². The molecule has 0 N–H and O–H groups in total. The molecule has 1 aromatic rings. The maximum absolute atomic E-state index is 5.61. The molecule has 0 saturated carbocycles. The summed E-state index contributed by atoms with van der Waals surface area (Å²) in [5.74, 6) is 1.03. The van der Waals surface area contributed by atoms with Gasteiger partial charge in [0.25, 0.3) is 0 Å². The first-order valence-electron chi connectivity index (χ1n) is 7.77. The van der Waals surface area contributed by atoms with Crippen LogP contribution >= 0.6 is 0 Å². The molecule has 1 aromatic carbocycles. The Morgan fingerprint density at radius 3 is 2.37 bits per heavy atom. The van der Waals surface area contributed by atoms with Crippen molar-refractivity contribution in [3.63, 3.8) is 0 Å². The van der Waals surface area contributed by atoms with Crippen molar-refractivity contribution in [3.8, 4) is 5.75 Å². The lowest BCUT2D eigenvalue weighted by Gasteiger charge is -2.27. The van der Waals surface area contributed by atoms with Gasteiger partial charge in [-0.2, -0.15) is 0 Å². The zero-order chi connectivity index (χ0) is 13.7. The van der Waals surface area contributed by atoms with Gasteiger partial charge in [0.1, 0.15) is 5.75 Å². The van der Waals surface area contributed by atoms with Crippen molar-refractivity contribution in [2.24, 2.45) is 0 Å². The zero-order valence-electron chi connectivity index (χ0n) is 12.6. The van der Waals surface area contributed by atoms with Gasteiger partial charge in [-0.05, 0) is 69.0 Å². The van der Waals surface area contributed by atoms with Crippen LogP contribution in [0.25, 0.3) is 0 Å². The molecule has 2 rings (SSSR count). The summed E-state index contributed by atoms with van der Waals surface area (Å²) in [7, 11) is 0. The van der Waals surface area contributed by atoms with Crippen LogP contribution < -0.4 is 4.74 Å². The van der Waals surface area contributed by atoms with Gasteiger partial charge < -0.3 is 4.74 Å². The van der Waals surface area contributed by atoms with E-state index in [0.29, 0.717) is 6.04 Å². The number of nitrogens with zero attached hydrogens (tertiary/aromatic N) is 1. The molecule has 106 valence electrons. The molecule has 1 atom stereocenters. The van der Waals surface area contributed by atoms with E-state index < -0.39 is 0 Å². The predicted molar refractivity (Wildman–Crippen MR) is 81.0 cm³/mol. The third-order valence-corrected chi connectivity index (χ3v) is 3.94. The third kappa shape index (κ3) is 3.50. The SMILES string of the molecule is CCCN(CCC)C1Cc2ccc(OCC)cc2C1. The molecule has 0 fully saturated rings. The van der Waals surface area contributed by atoms with Crippen molar-refractivity contribution in [1.82, 2.24) is 4.90 Å². The molecule has 0 radical (unpaired) electrons. The molecule has 0 amide bonds. The second kappa shape index (κ2) is 6.95. The largest absolute Gasteiger partial charge is 0.494 e. The lowest BCUT2D eigenvalue weighted by atomic mass is 10.1. The van der Waals surface area contributed by atoms with Crippen molar-refractivity contribution >= 4 is 0 Å². The lowest BCUT2D eigenvalue weighted by molar-refractivity contribution is 0.202. The molecule has 2 heteroatoms. The Kier molecular flexibility index (Phi) is 5.26. The number of hydrogen-bond donors (Lipinski definition) is 0. The molecule has 0 aliphatic heterocycles. The van der Waals surface area contributed by atoms with E-state index in [1.807, 2.05) is 6.92 Å². The molecular formula is C17H27NO. The summed E-state index contributed by atoms with van der Waals surface area (Å²) in [5, 5.41) is 0. The van der Waals surface area contributed by atoms with E-state index in [1.165, 1.54) is 49.9 Å². The first-order chi connectivity index (χ1) is 9.28. The number of hydrogen-bond acceptors (Lipinski definition) is 2. The second-order valence-electron chi connectivity index (χ2n) is 5.46. The van der Waals surface area contributed by atoms with Crippen molar-refractivity contribution in [3.05, 3.63) is 29.3 Å². The van der Waals surface area contributed by atoms with Crippen LogP contribution in [-0.4, -0.2) is 30.6 Å². The van der Waals surface area contributed by atoms with E-state index in [1.54, 1.807) is 0 Å². The van der Waals surface area contributed by atoms with Gasteiger partial charge in [0.15, 0.2) is 0 Å². The van der Waals surface area contributed by atoms with E-state index >= 15 is 0 Å². The van der Waals surface area contributed by atoms with E-state index in [-0.39, 0.29) is 0 Å². The molecule has 19 heavy (non-hydrogen) atoms. The first-order valence-corrected chi connectivity index (χ1v) is 7.77.